The second-order valence-electron chi connectivity index (χ2n) is 7.30. The Labute approximate surface area is 155 Å². The van der Waals surface area contributed by atoms with Gasteiger partial charge in [-0.15, -0.1) is 0 Å². The van der Waals surface area contributed by atoms with E-state index in [1.165, 1.54) is 25.9 Å². The number of alkyl halides is 3. The first-order valence-corrected chi connectivity index (χ1v) is 9.18. The monoisotopic (exact) mass is 384 g/mol. The van der Waals surface area contributed by atoms with Gasteiger partial charge in [-0.25, -0.2) is 4.79 Å². The van der Waals surface area contributed by atoms with Crippen LogP contribution in [0.25, 0.3) is 0 Å². The predicted molar refractivity (Wildman–Crippen MR) is 93.3 cm³/mol. The molecular weight excluding hydrogens is 361 g/mol. The van der Waals surface area contributed by atoms with Crippen molar-refractivity contribution in [2.45, 2.75) is 50.4 Å². The van der Waals surface area contributed by atoms with Crippen molar-refractivity contribution in [2.75, 3.05) is 18.0 Å². The van der Waals surface area contributed by atoms with Gasteiger partial charge in [-0.1, -0.05) is 18.2 Å². The fraction of sp³-hybridized carbons (Fsp3) is 0.579. The molecule has 0 spiro atoms. The molecule has 0 unspecified atom stereocenters. The zero-order valence-electron chi connectivity index (χ0n) is 14.9. The van der Waals surface area contributed by atoms with E-state index in [0.29, 0.717) is 24.4 Å². The maximum absolute atomic E-state index is 12.4. The fourth-order valence-corrected chi connectivity index (χ4v) is 3.94. The maximum atomic E-state index is 12.4. The quantitative estimate of drug-likeness (QED) is 0.869. The van der Waals surface area contributed by atoms with E-state index >= 15 is 0 Å². The van der Waals surface area contributed by atoms with Crippen LogP contribution in [0.15, 0.2) is 30.3 Å². The molecule has 0 bridgehead atoms. The highest BCUT2D eigenvalue weighted by Crippen LogP contribution is 2.38. The molecule has 0 aromatic heterocycles. The number of rotatable bonds is 3. The van der Waals surface area contributed by atoms with Crippen molar-refractivity contribution in [3.8, 4) is 0 Å². The van der Waals surface area contributed by atoms with E-state index in [1.807, 2.05) is 18.2 Å². The van der Waals surface area contributed by atoms with Gasteiger partial charge >= 0.3 is 12.1 Å². The van der Waals surface area contributed by atoms with Gasteiger partial charge in [-0.2, -0.15) is 13.2 Å². The lowest BCUT2D eigenvalue weighted by Crippen LogP contribution is -2.52. The van der Waals surface area contributed by atoms with Gasteiger partial charge in [0, 0.05) is 31.2 Å². The van der Waals surface area contributed by atoms with E-state index in [2.05, 4.69) is 21.9 Å². The Morgan fingerprint density at radius 2 is 1.70 bits per heavy atom. The number of hydrogen-bond acceptors (Lipinski definition) is 3. The Morgan fingerprint density at radius 3 is 2.26 bits per heavy atom. The van der Waals surface area contributed by atoms with Crippen molar-refractivity contribution in [3.05, 3.63) is 30.3 Å². The highest BCUT2D eigenvalue weighted by molar-refractivity contribution is 5.95. The van der Waals surface area contributed by atoms with Crippen molar-refractivity contribution in [2.24, 2.45) is 5.92 Å². The molecule has 27 heavy (non-hydrogen) atoms. The van der Waals surface area contributed by atoms with Crippen molar-refractivity contribution < 1.29 is 27.9 Å². The number of aliphatic carboxylic acids is 1. The summed E-state index contributed by atoms with van der Waals surface area (Å²) in [5.74, 6) is -1.50. The molecule has 8 heteroatoms. The van der Waals surface area contributed by atoms with Gasteiger partial charge in [-0.3, -0.25) is 9.69 Å². The van der Waals surface area contributed by atoms with Crippen LogP contribution >= 0.6 is 0 Å². The number of piperidine rings is 1. The number of likely N-dealkylation sites (tertiary alicyclic amines) is 1. The molecule has 2 heterocycles. The van der Waals surface area contributed by atoms with Crippen LogP contribution in [-0.4, -0.2) is 53.2 Å². The number of benzene rings is 1. The van der Waals surface area contributed by atoms with E-state index in [-0.39, 0.29) is 0 Å². The second-order valence-corrected chi connectivity index (χ2v) is 7.30. The number of nitrogens with zero attached hydrogens (tertiary/aromatic N) is 2. The lowest BCUT2D eigenvalue weighted by molar-refractivity contribution is -0.192. The zero-order valence-corrected chi connectivity index (χ0v) is 14.9. The molecule has 3 fully saturated rings. The molecule has 4 rings (SSSR count). The lowest BCUT2D eigenvalue weighted by atomic mass is 9.95. The maximum Gasteiger partial charge on any atom is 0.490 e. The number of carbonyl (C=O) groups excluding carboxylic acids is 1. The molecule has 1 aromatic rings. The molecule has 3 aliphatic rings. The summed E-state index contributed by atoms with van der Waals surface area (Å²) in [6, 6.07) is 11.2. The SMILES string of the molecule is O=C(O)C(F)(F)F.O=C1CC[C@@H]2[C@@H](CCN2CC2CC2)N1c1ccccc1. The lowest BCUT2D eigenvalue weighted by Gasteiger charge is -2.40. The average molecular weight is 384 g/mol. The first-order valence-electron chi connectivity index (χ1n) is 9.18. The largest absolute Gasteiger partial charge is 0.490 e. The Hall–Kier alpha value is -2.09. The number of carboxylic acids is 1. The molecule has 148 valence electrons. The summed E-state index contributed by atoms with van der Waals surface area (Å²) in [5.41, 5.74) is 1.08. The highest BCUT2D eigenvalue weighted by atomic mass is 19.4. The van der Waals surface area contributed by atoms with E-state index in [1.54, 1.807) is 0 Å². The van der Waals surface area contributed by atoms with Gasteiger partial charge in [0.1, 0.15) is 0 Å². The average Bonchev–Trinajstić information content (AvgIpc) is 3.35. The summed E-state index contributed by atoms with van der Waals surface area (Å²) in [5, 5.41) is 7.12. The third kappa shape index (κ3) is 4.80. The number of fused-ring (bicyclic) bond motifs is 1. The Kier molecular flexibility index (Phi) is 5.74. The van der Waals surface area contributed by atoms with Crippen LogP contribution in [-0.2, 0) is 9.59 Å². The number of hydrogen-bond donors (Lipinski definition) is 1. The van der Waals surface area contributed by atoms with Gasteiger partial charge in [0.05, 0.1) is 6.04 Å². The predicted octanol–water partition coefficient (Wildman–Crippen LogP) is 3.30. The van der Waals surface area contributed by atoms with Crippen molar-refractivity contribution in [1.82, 2.24) is 4.90 Å². The minimum absolute atomic E-state index is 0.311. The molecular formula is C19H23F3N2O3. The molecule has 0 radical (unpaired) electrons. The summed E-state index contributed by atoms with van der Waals surface area (Å²) in [6.07, 6.45) is 0.638. The van der Waals surface area contributed by atoms with Crippen LogP contribution in [0.1, 0.15) is 32.1 Å². The molecule has 2 aliphatic heterocycles. The number of amides is 1. The van der Waals surface area contributed by atoms with E-state index < -0.39 is 12.1 Å². The van der Waals surface area contributed by atoms with Crippen LogP contribution < -0.4 is 4.90 Å². The van der Waals surface area contributed by atoms with Crippen molar-refractivity contribution in [3.63, 3.8) is 0 Å². The summed E-state index contributed by atoms with van der Waals surface area (Å²) >= 11 is 0. The first kappa shape index (κ1) is 19.7. The molecule has 2 atom stereocenters. The number of carboxylic acid groups (broad SMARTS) is 1. The molecule has 5 nitrogen and oxygen atoms in total. The fourth-order valence-electron chi connectivity index (χ4n) is 3.94. The Bertz CT molecular complexity index is 677. The van der Waals surface area contributed by atoms with Crippen LogP contribution in [0.2, 0.25) is 0 Å². The van der Waals surface area contributed by atoms with Crippen LogP contribution in [0.3, 0.4) is 0 Å². The van der Waals surface area contributed by atoms with E-state index in [4.69, 9.17) is 9.90 Å². The minimum atomic E-state index is -5.08. The normalized spacial score (nSPS) is 25.6. The van der Waals surface area contributed by atoms with Crippen molar-refractivity contribution in [1.29, 1.82) is 0 Å². The standard InChI is InChI=1S/C17H22N2O.C2HF3O2/c20-17-9-8-15-16(10-11-18(15)12-13-6-7-13)19(17)14-4-2-1-3-5-14;3-2(4,5)1(6)7/h1-5,13,15-16H,6-12H2;(H,6,7)/t15-,16-;/m1./s1. The number of anilines is 1. The third-order valence-corrected chi connectivity index (χ3v) is 5.35. The molecule has 1 N–H and O–H groups in total. The number of carbonyl (C=O) groups is 2. The van der Waals surface area contributed by atoms with Crippen molar-refractivity contribution >= 4 is 17.6 Å². The molecule has 1 aromatic carbocycles. The second kappa shape index (κ2) is 7.88. The smallest absolute Gasteiger partial charge is 0.475 e. The molecule has 1 saturated carbocycles. The molecule has 1 amide bonds. The van der Waals surface area contributed by atoms with Gasteiger partial charge in [0.2, 0.25) is 5.91 Å². The topological polar surface area (TPSA) is 60.9 Å². The Morgan fingerprint density at radius 1 is 1.07 bits per heavy atom. The molecule has 1 aliphatic carbocycles. The number of halogens is 3. The Balaban J connectivity index is 0.000000260. The first-order chi connectivity index (χ1) is 12.8. The summed E-state index contributed by atoms with van der Waals surface area (Å²) in [7, 11) is 0. The van der Waals surface area contributed by atoms with E-state index in [0.717, 1.165) is 24.4 Å². The van der Waals surface area contributed by atoms with Gasteiger partial charge in [-0.05, 0) is 43.7 Å². The van der Waals surface area contributed by atoms with Gasteiger partial charge < -0.3 is 10.0 Å². The van der Waals surface area contributed by atoms with Gasteiger partial charge in [0.25, 0.3) is 0 Å². The molecule has 2 saturated heterocycles. The van der Waals surface area contributed by atoms with Gasteiger partial charge in [0.15, 0.2) is 0 Å². The zero-order chi connectivity index (χ0) is 19.6. The van der Waals surface area contributed by atoms with Crippen LogP contribution in [0.4, 0.5) is 18.9 Å². The highest BCUT2D eigenvalue weighted by Gasteiger charge is 2.44. The van der Waals surface area contributed by atoms with E-state index in [9.17, 15) is 18.0 Å². The van der Waals surface area contributed by atoms with Crippen LogP contribution in [0, 0.1) is 5.92 Å². The minimum Gasteiger partial charge on any atom is -0.475 e. The summed E-state index contributed by atoms with van der Waals surface area (Å²) in [6.45, 7) is 2.43. The third-order valence-electron chi connectivity index (χ3n) is 5.35. The number of para-hydroxylation sites is 1. The summed E-state index contributed by atoms with van der Waals surface area (Å²) < 4.78 is 31.7. The van der Waals surface area contributed by atoms with Crippen LogP contribution in [0.5, 0.6) is 0 Å². The summed E-state index contributed by atoms with van der Waals surface area (Å²) in [4.78, 5) is 26.0.